The summed E-state index contributed by atoms with van der Waals surface area (Å²) in [5, 5.41) is 1.06. The van der Waals surface area contributed by atoms with E-state index in [2.05, 4.69) is 39.7 Å². The van der Waals surface area contributed by atoms with Gasteiger partial charge in [0.05, 0.1) is 12.6 Å². The molecule has 4 rings (SSSR count). The van der Waals surface area contributed by atoms with Gasteiger partial charge in [-0.1, -0.05) is 25.1 Å². The average Bonchev–Trinajstić information content (AvgIpc) is 3.06. The Balaban J connectivity index is 1.73. The van der Waals surface area contributed by atoms with E-state index in [0.717, 1.165) is 27.9 Å². The average molecular weight is 389 g/mol. The number of methoxy groups -OCH3 is 1. The van der Waals surface area contributed by atoms with Crippen LogP contribution in [0.3, 0.4) is 0 Å². The van der Waals surface area contributed by atoms with Crippen LogP contribution in [0.5, 0.6) is 5.88 Å². The van der Waals surface area contributed by atoms with Crippen molar-refractivity contribution < 1.29 is 9.13 Å². The molecule has 0 aliphatic heterocycles. The minimum Gasteiger partial charge on any atom is -0.481 e. The van der Waals surface area contributed by atoms with E-state index in [1.54, 1.807) is 19.2 Å². The van der Waals surface area contributed by atoms with Crippen LogP contribution >= 0.6 is 0 Å². The van der Waals surface area contributed by atoms with E-state index in [1.165, 1.54) is 23.4 Å². The summed E-state index contributed by atoms with van der Waals surface area (Å²) in [6, 6.07) is 15.0. The van der Waals surface area contributed by atoms with Crippen LogP contribution in [0.1, 0.15) is 41.1 Å². The molecule has 0 aliphatic rings. The highest BCUT2D eigenvalue weighted by atomic mass is 19.1. The fourth-order valence-corrected chi connectivity index (χ4v) is 3.71. The van der Waals surface area contributed by atoms with Gasteiger partial charge in [0.25, 0.3) is 0 Å². The van der Waals surface area contributed by atoms with Crippen LogP contribution in [0.25, 0.3) is 10.9 Å². The lowest BCUT2D eigenvalue weighted by Crippen LogP contribution is -2.04. The normalized spacial score (nSPS) is 12.3. The van der Waals surface area contributed by atoms with Gasteiger partial charge in [-0.3, -0.25) is 0 Å². The highest BCUT2D eigenvalue weighted by Gasteiger charge is 2.15. The molecule has 0 saturated heterocycles. The molecule has 0 bridgehead atoms. The number of hydrogen-bond donors (Lipinski definition) is 0. The molecule has 1 atom stereocenters. The molecule has 5 heteroatoms. The van der Waals surface area contributed by atoms with Gasteiger partial charge >= 0.3 is 0 Å². The maximum atomic E-state index is 13.2. The predicted molar refractivity (Wildman–Crippen MR) is 113 cm³/mol. The smallest absolute Gasteiger partial charge is 0.217 e. The molecule has 4 nitrogen and oxygen atoms in total. The number of imidazole rings is 1. The maximum Gasteiger partial charge on any atom is 0.217 e. The van der Waals surface area contributed by atoms with Gasteiger partial charge in [-0.05, 0) is 48.4 Å². The molecule has 0 amide bonds. The zero-order chi connectivity index (χ0) is 20.5. The summed E-state index contributed by atoms with van der Waals surface area (Å²) in [5.41, 5.74) is 5.27. The monoisotopic (exact) mass is 389 g/mol. The maximum absolute atomic E-state index is 13.2. The number of halogens is 1. The van der Waals surface area contributed by atoms with E-state index in [0.29, 0.717) is 12.3 Å². The van der Waals surface area contributed by atoms with Crippen molar-refractivity contribution in [1.29, 1.82) is 0 Å². The molecule has 4 aromatic rings. The van der Waals surface area contributed by atoms with E-state index in [-0.39, 0.29) is 11.7 Å². The second kappa shape index (κ2) is 7.66. The Hall–Kier alpha value is -3.21. The lowest BCUT2D eigenvalue weighted by Gasteiger charge is -2.15. The summed E-state index contributed by atoms with van der Waals surface area (Å²) in [6.07, 6.45) is 2.57. The summed E-state index contributed by atoms with van der Waals surface area (Å²) >= 11 is 0. The third-order valence-electron chi connectivity index (χ3n) is 5.58. The lowest BCUT2D eigenvalue weighted by atomic mass is 9.95. The van der Waals surface area contributed by atoms with E-state index in [4.69, 9.17) is 4.74 Å². The van der Waals surface area contributed by atoms with Crippen LogP contribution < -0.4 is 4.74 Å². The minimum atomic E-state index is -0.235. The molecule has 0 radical (unpaired) electrons. The minimum absolute atomic E-state index is 0.216. The Labute approximate surface area is 170 Å². The van der Waals surface area contributed by atoms with Crippen molar-refractivity contribution in [3.8, 4) is 5.88 Å². The largest absolute Gasteiger partial charge is 0.481 e. The van der Waals surface area contributed by atoms with Crippen LogP contribution in [-0.2, 0) is 13.5 Å². The number of hydrogen-bond acceptors (Lipinski definition) is 3. The van der Waals surface area contributed by atoms with Gasteiger partial charge < -0.3 is 9.30 Å². The highest BCUT2D eigenvalue weighted by Crippen LogP contribution is 2.30. The van der Waals surface area contributed by atoms with Crippen LogP contribution in [0.15, 0.2) is 54.7 Å². The molecule has 2 aromatic heterocycles. The van der Waals surface area contributed by atoms with Crippen molar-refractivity contribution in [3.63, 3.8) is 0 Å². The molecule has 0 N–H and O–H groups in total. The van der Waals surface area contributed by atoms with Crippen molar-refractivity contribution in [1.82, 2.24) is 14.5 Å². The first-order valence-corrected chi connectivity index (χ1v) is 9.66. The zero-order valence-corrected chi connectivity index (χ0v) is 17.1. The van der Waals surface area contributed by atoms with Crippen LogP contribution in [0.4, 0.5) is 4.39 Å². The Morgan fingerprint density at radius 1 is 1.10 bits per heavy atom. The first-order valence-electron chi connectivity index (χ1n) is 9.66. The molecule has 2 aromatic carbocycles. The second-order valence-corrected chi connectivity index (χ2v) is 7.42. The summed E-state index contributed by atoms with van der Waals surface area (Å²) in [6.45, 7) is 4.20. The third-order valence-corrected chi connectivity index (χ3v) is 5.58. The Kier molecular flexibility index (Phi) is 5.05. The molecular formula is C24H24FN3O. The van der Waals surface area contributed by atoms with Crippen LogP contribution in [-0.4, -0.2) is 21.6 Å². The molecule has 2 heterocycles. The quantitative estimate of drug-likeness (QED) is 0.473. The number of fused-ring (bicyclic) bond motifs is 1. The van der Waals surface area contributed by atoms with E-state index in [1.807, 2.05) is 26.2 Å². The van der Waals surface area contributed by atoms with Crippen molar-refractivity contribution >= 4 is 10.9 Å². The number of nitrogens with zero attached hydrogens (tertiary/aromatic N) is 3. The fraction of sp³-hybridized carbons (Fsp3) is 0.250. The molecule has 0 aliphatic carbocycles. The van der Waals surface area contributed by atoms with Crippen molar-refractivity contribution in [2.45, 2.75) is 26.2 Å². The molecule has 29 heavy (non-hydrogen) atoms. The Bertz CT molecular complexity index is 1160. The number of benzene rings is 2. The topological polar surface area (TPSA) is 39.9 Å². The summed E-state index contributed by atoms with van der Waals surface area (Å²) in [7, 11) is 3.67. The van der Waals surface area contributed by atoms with E-state index in [9.17, 15) is 4.39 Å². The predicted octanol–water partition coefficient (Wildman–Crippen LogP) is 5.17. The number of aromatic nitrogens is 3. The molecule has 148 valence electrons. The van der Waals surface area contributed by atoms with Gasteiger partial charge in [-0.2, -0.15) is 0 Å². The summed E-state index contributed by atoms with van der Waals surface area (Å²) in [4.78, 5) is 9.11. The van der Waals surface area contributed by atoms with E-state index >= 15 is 0 Å². The van der Waals surface area contributed by atoms with Crippen LogP contribution in [0, 0.1) is 12.7 Å². The van der Waals surface area contributed by atoms with E-state index < -0.39 is 0 Å². The molecule has 0 spiro atoms. The number of rotatable bonds is 5. The molecule has 1 unspecified atom stereocenters. The lowest BCUT2D eigenvalue weighted by molar-refractivity contribution is 0.395. The van der Waals surface area contributed by atoms with Crippen LogP contribution in [0.2, 0.25) is 0 Å². The Morgan fingerprint density at radius 3 is 2.52 bits per heavy atom. The van der Waals surface area contributed by atoms with Gasteiger partial charge in [0.2, 0.25) is 5.88 Å². The molecular weight excluding hydrogens is 365 g/mol. The molecule has 0 fully saturated rings. The first kappa shape index (κ1) is 19.1. The fourth-order valence-electron chi connectivity index (χ4n) is 3.71. The van der Waals surface area contributed by atoms with Crippen molar-refractivity contribution in [2.24, 2.45) is 7.05 Å². The zero-order valence-electron chi connectivity index (χ0n) is 17.1. The van der Waals surface area contributed by atoms with Gasteiger partial charge in [-0.15, -0.1) is 0 Å². The summed E-state index contributed by atoms with van der Waals surface area (Å²) < 4.78 is 20.9. The second-order valence-electron chi connectivity index (χ2n) is 7.42. The van der Waals surface area contributed by atoms with Gasteiger partial charge in [0.15, 0.2) is 0 Å². The number of ether oxygens (including phenoxy) is 1. The number of pyridine rings is 1. The third kappa shape index (κ3) is 3.73. The SMILES string of the molecule is COc1nc2ccc(C(C)c3cnc(C)n3C)cc2cc1Cc1ccc(F)cc1. The highest BCUT2D eigenvalue weighted by molar-refractivity contribution is 5.81. The van der Waals surface area contributed by atoms with Gasteiger partial charge in [0.1, 0.15) is 11.6 Å². The van der Waals surface area contributed by atoms with Gasteiger partial charge in [0, 0.05) is 42.2 Å². The number of aryl methyl sites for hydroxylation is 1. The summed E-state index contributed by atoms with van der Waals surface area (Å²) in [5.74, 6) is 1.58. The molecule has 0 saturated carbocycles. The van der Waals surface area contributed by atoms with Gasteiger partial charge in [-0.25, -0.2) is 14.4 Å². The first-order chi connectivity index (χ1) is 14.0. The van der Waals surface area contributed by atoms with Crippen molar-refractivity contribution in [2.75, 3.05) is 7.11 Å². The standard InChI is InChI=1S/C24H24FN3O/c1-15(23-14-26-16(2)28(23)3)18-7-10-22-19(12-18)13-20(24(27-22)29-4)11-17-5-8-21(25)9-6-17/h5-10,12-15H,11H2,1-4H3. The van der Waals surface area contributed by atoms with Crippen molar-refractivity contribution in [3.05, 3.63) is 88.8 Å². The Morgan fingerprint density at radius 2 is 1.86 bits per heavy atom.